The molecule has 3 fully saturated rings. The molecule has 6 heteroatoms. The van der Waals surface area contributed by atoms with Crippen molar-refractivity contribution in [1.82, 2.24) is 14.8 Å². The Hall–Kier alpha value is -1.95. The molecular weight excluding hydrogens is 342 g/mol. The van der Waals surface area contributed by atoms with E-state index >= 15 is 0 Å². The van der Waals surface area contributed by atoms with Crippen LogP contribution in [0.5, 0.6) is 0 Å². The molecule has 146 valence electrons. The zero-order valence-electron chi connectivity index (χ0n) is 16.1. The van der Waals surface area contributed by atoms with Gasteiger partial charge >= 0.3 is 6.03 Å². The van der Waals surface area contributed by atoms with Crippen LogP contribution in [0, 0.1) is 5.92 Å². The van der Waals surface area contributed by atoms with Crippen molar-refractivity contribution in [3.63, 3.8) is 0 Å². The minimum absolute atomic E-state index is 0.130. The van der Waals surface area contributed by atoms with E-state index in [1.807, 2.05) is 22.2 Å². The van der Waals surface area contributed by atoms with Gasteiger partial charge in [-0.3, -0.25) is 9.78 Å². The summed E-state index contributed by atoms with van der Waals surface area (Å²) in [6.45, 7) is 5.36. The van der Waals surface area contributed by atoms with Crippen molar-refractivity contribution in [2.75, 3.05) is 32.8 Å². The number of piperidine rings is 2. The molecule has 0 N–H and O–H groups in total. The maximum atomic E-state index is 13.0. The highest BCUT2D eigenvalue weighted by Gasteiger charge is 2.38. The lowest BCUT2D eigenvalue weighted by atomic mass is 9.88. The number of amides is 2. The molecule has 0 saturated carbocycles. The molecule has 2 amide bonds. The topological polar surface area (TPSA) is 62.7 Å². The van der Waals surface area contributed by atoms with E-state index in [1.165, 1.54) is 11.1 Å². The van der Waals surface area contributed by atoms with E-state index in [-0.39, 0.29) is 30.4 Å². The molecular formula is C21H29N3O3. The van der Waals surface area contributed by atoms with Crippen molar-refractivity contribution >= 4 is 11.8 Å². The summed E-state index contributed by atoms with van der Waals surface area (Å²) in [5.41, 5.74) is 2.58. The van der Waals surface area contributed by atoms with Crippen LogP contribution < -0.4 is 0 Å². The Morgan fingerprint density at radius 3 is 2.74 bits per heavy atom. The SMILES string of the molecule is CCc1cncc(C2CCN(C(=O)N3CC[C@@H]4OCC(=O)C[C@@H]4C3)CC2)c1. The molecule has 6 nitrogen and oxygen atoms in total. The number of hydrogen-bond acceptors (Lipinski definition) is 4. The van der Waals surface area contributed by atoms with Gasteiger partial charge in [0.15, 0.2) is 5.78 Å². The summed E-state index contributed by atoms with van der Waals surface area (Å²) in [5.74, 6) is 0.821. The van der Waals surface area contributed by atoms with E-state index in [9.17, 15) is 9.59 Å². The highest BCUT2D eigenvalue weighted by atomic mass is 16.5. The molecule has 4 heterocycles. The number of aryl methyl sites for hydroxylation is 1. The Kier molecular flexibility index (Phi) is 5.43. The molecule has 0 unspecified atom stereocenters. The van der Waals surface area contributed by atoms with Crippen LogP contribution in [0.1, 0.15) is 49.7 Å². The quantitative estimate of drug-likeness (QED) is 0.802. The van der Waals surface area contributed by atoms with Crippen LogP contribution in [0.3, 0.4) is 0 Å². The normalized spacial score (nSPS) is 26.8. The van der Waals surface area contributed by atoms with E-state index < -0.39 is 0 Å². The van der Waals surface area contributed by atoms with Gasteiger partial charge in [0.25, 0.3) is 0 Å². The van der Waals surface area contributed by atoms with Crippen LogP contribution in [-0.2, 0) is 16.0 Å². The number of ketones is 1. The Bertz CT molecular complexity index is 700. The molecule has 0 aromatic carbocycles. The third-order valence-electron chi connectivity index (χ3n) is 6.34. The van der Waals surface area contributed by atoms with Crippen LogP contribution in [0.2, 0.25) is 0 Å². The van der Waals surface area contributed by atoms with Crippen molar-refractivity contribution in [3.8, 4) is 0 Å². The Labute approximate surface area is 160 Å². The highest BCUT2D eigenvalue weighted by molar-refractivity contribution is 5.81. The lowest BCUT2D eigenvalue weighted by Gasteiger charge is -2.43. The maximum absolute atomic E-state index is 13.0. The molecule has 4 rings (SSSR count). The first-order chi connectivity index (χ1) is 13.1. The molecule has 27 heavy (non-hydrogen) atoms. The van der Waals surface area contributed by atoms with Crippen molar-refractivity contribution < 1.29 is 14.3 Å². The van der Waals surface area contributed by atoms with E-state index in [1.54, 1.807) is 0 Å². The average molecular weight is 371 g/mol. The number of fused-ring (bicyclic) bond motifs is 1. The minimum Gasteiger partial charge on any atom is -0.370 e. The summed E-state index contributed by atoms with van der Waals surface area (Å²) < 4.78 is 5.64. The van der Waals surface area contributed by atoms with Gasteiger partial charge in [-0.1, -0.05) is 13.0 Å². The molecule has 1 aromatic rings. The first kappa shape index (κ1) is 18.4. The van der Waals surface area contributed by atoms with Gasteiger partial charge < -0.3 is 14.5 Å². The fourth-order valence-corrected chi connectivity index (χ4v) is 4.68. The third-order valence-corrected chi connectivity index (χ3v) is 6.34. The molecule has 0 bridgehead atoms. The third kappa shape index (κ3) is 4.00. The van der Waals surface area contributed by atoms with Crippen LogP contribution in [-0.4, -0.2) is 65.5 Å². The number of nitrogens with zero attached hydrogens (tertiary/aromatic N) is 3. The van der Waals surface area contributed by atoms with Gasteiger partial charge in [0.1, 0.15) is 6.61 Å². The number of pyridine rings is 1. The first-order valence-electron chi connectivity index (χ1n) is 10.2. The molecule has 3 aliphatic heterocycles. The zero-order chi connectivity index (χ0) is 18.8. The summed E-state index contributed by atoms with van der Waals surface area (Å²) in [4.78, 5) is 32.9. The lowest BCUT2D eigenvalue weighted by molar-refractivity contribution is -0.139. The number of rotatable bonds is 2. The maximum Gasteiger partial charge on any atom is 0.320 e. The monoisotopic (exact) mass is 371 g/mol. The lowest BCUT2D eigenvalue weighted by Crippen LogP contribution is -2.54. The summed E-state index contributed by atoms with van der Waals surface area (Å²) >= 11 is 0. The average Bonchev–Trinajstić information content (AvgIpc) is 2.73. The molecule has 1 aromatic heterocycles. The molecule has 0 radical (unpaired) electrons. The molecule has 2 atom stereocenters. The largest absolute Gasteiger partial charge is 0.370 e. The van der Waals surface area contributed by atoms with Crippen molar-refractivity contribution in [3.05, 3.63) is 29.6 Å². The molecule has 3 aliphatic rings. The van der Waals surface area contributed by atoms with Gasteiger partial charge in [0.05, 0.1) is 6.10 Å². The second-order valence-corrected chi connectivity index (χ2v) is 8.11. The predicted octanol–water partition coefficient (Wildman–Crippen LogP) is 2.62. The Balaban J connectivity index is 1.32. The highest BCUT2D eigenvalue weighted by Crippen LogP contribution is 2.31. The van der Waals surface area contributed by atoms with Gasteiger partial charge in [-0.15, -0.1) is 0 Å². The second kappa shape index (κ2) is 7.97. The van der Waals surface area contributed by atoms with Crippen LogP contribution in [0.25, 0.3) is 0 Å². The van der Waals surface area contributed by atoms with Gasteiger partial charge in [0, 0.05) is 50.9 Å². The number of carbonyl (C=O) groups excluding carboxylic acids is 2. The fourth-order valence-electron chi connectivity index (χ4n) is 4.68. The molecule has 0 aliphatic carbocycles. The number of likely N-dealkylation sites (tertiary alicyclic amines) is 2. The summed E-state index contributed by atoms with van der Waals surface area (Å²) in [6.07, 6.45) is 8.44. The number of urea groups is 1. The second-order valence-electron chi connectivity index (χ2n) is 8.11. The zero-order valence-corrected chi connectivity index (χ0v) is 16.1. The predicted molar refractivity (Wildman–Crippen MR) is 102 cm³/mol. The van der Waals surface area contributed by atoms with Crippen LogP contribution >= 0.6 is 0 Å². The van der Waals surface area contributed by atoms with Crippen LogP contribution in [0.4, 0.5) is 4.79 Å². The smallest absolute Gasteiger partial charge is 0.320 e. The van der Waals surface area contributed by atoms with Gasteiger partial charge in [-0.05, 0) is 42.7 Å². The van der Waals surface area contributed by atoms with Crippen molar-refractivity contribution in [2.45, 2.75) is 51.0 Å². The van der Waals surface area contributed by atoms with Gasteiger partial charge in [-0.2, -0.15) is 0 Å². The fraction of sp³-hybridized carbons (Fsp3) is 0.667. The molecule has 0 spiro atoms. The number of hydrogen-bond donors (Lipinski definition) is 0. The number of aromatic nitrogens is 1. The number of carbonyl (C=O) groups is 2. The summed E-state index contributed by atoms with van der Waals surface area (Å²) in [7, 11) is 0. The number of Topliss-reactive ketones (excluding diaryl/α,β-unsaturated/α-hetero) is 1. The van der Waals surface area contributed by atoms with E-state index in [2.05, 4.69) is 18.0 Å². The first-order valence-corrected chi connectivity index (χ1v) is 10.2. The Morgan fingerprint density at radius 1 is 1.19 bits per heavy atom. The van der Waals surface area contributed by atoms with Gasteiger partial charge in [0.2, 0.25) is 0 Å². The summed E-state index contributed by atoms with van der Waals surface area (Å²) in [5, 5.41) is 0. The van der Waals surface area contributed by atoms with Gasteiger partial charge in [-0.25, -0.2) is 4.79 Å². The van der Waals surface area contributed by atoms with E-state index in [0.717, 1.165) is 45.3 Å². The van der Waals surface area contributed by atoms with E-state index in [4.69, 9.17) is 4.74 Å². The molecule has 3 saturated heterocycles. The standard InChI is InChI=1S/C21H29N3O3/c1-2-15-9-17(12-22-11-15)16-3-6-23(7-4-16)21(26)24-8-5-20-18(13-24)10-19(25)14-27-20/h9,11-12,16,18,20H,2-8,10,13-14H2,1H3/t18-,20+/m1/s1. The van der Waals surface area contributed by atoms with Crippen molar-refractivity contribution in [1.29, 1.82) is 0 Å². The summed E-state index contributed by atoms with van der Waals surface area (Å²) in [6, 6.07) is 2.39. The van der Waals surface area contributed by atoms with E-state index in [0.29, 0.717) is 18.9 Å². The van der Waals surface area contributed by atoms with Crippen LogP contribution in [0.15, 0.2) is 18.5 Å². The van der Waals surface area contributed by atoms with Crippen molar-refractivity contribution in [2.24, 2.45) is 5.92 Å². The minimum atomic E-state index is 0.130. The Morgan fingerprint density at radius 2 is 1.96 bits per heavy atom. The number of ether oxygens (including phenoxy) is 1.